The van der Waals surface area contributed by atoms with Crippen molar-refractivity contribution in [2.75, 3.05) is 0 Å². The SMILES string of the molecule is Cc1ccc2c(c1)C([Se]c1ccccc1)C(c1ccccc1)OC2=O. The maximum atomic E-state index is 12.6. The van der Waals surface area contributed by atoms with E-state index in [1.165, 1.54) is 10.0 Å². The van der Waals surface area contributed by atoms with Gasteiger partial charge >= 0.3 is 154 Å². The van der Waals surface area contributed by atoms with Crippen molar-refractivity contribution in [2.24, 2.45) is 0 Å². The third kappa shape index (κ3) is 3.26. The van der Waals surface area contributed by atoms with Gasteiger partial charge < -0.3 is 0 Å². The number of fused-ring (bicyclic) bond motifs is 1. The van der Waals surface area contributed by atoms with Gasteiger partial charge in [-0.15, -0.1) is 0 Å². The molecule has 124 valence electrons. The van der Waals surface area contributed by atoms with Crippen LogP contribution in [0, 0.1) is 6.92 Å². The van der Waals surface area contributed by atoms with E-state index in [0.29, 0.717) is 5.56 Å². The van der Waals surface area contributed by atoms with Crippen molar-refractivity contribution < 1.29 is 9.53 Å². The number of benzene rings is 3. The van der Waals surface area contributed by atoms with Crippen LogP contribution in [0.25, 0.3) is 0 Å². The van der Waals surface area contributed by atoms with Crippen LogP contribution in [0.1, 0.15) is 38.0 Å². The van der Waals surface area contributed by atoms with Crippen LogP contribution in [0.4, 0.5) is 0 Å². The first kappa shape index (κ1) is 16.1. The van der Waals surface area contributed by atoms with E-state index >= 15 is 0 Å². The van der Waals surface area contributed by atoms with Gasteiger partial charge in [-0.2, -0.15) is 0 Å². The van der Waals surface area contributed by atoms with Crippen LogP contribution in [-0.4, -0.2) is 20.9 Å². The van der Waals surface area contributed by atoms with Gasteiger partial charge in [0, 0.05) is 0 Å². The Morgan fingerprint density at radius 1 is 0.880 bits per heavy atom. The Balaban J connectivity index is 1.82. The minimum atomic E-state index is -0.233. The van der Waals surface area contributed by atoms with Gasteiger partial charge in [-0.25, -0.2) is 0 Å². The van der Waals surface area contributed by atoms with Crippen LogP contribution in [0.15, 0.2) is 78.9 Å². The number of ether oxygens (including phenoxy) is 1. The first-order valence-corrected chi connectivity index (χ1v) is 10.1. The normalized spacial score (nSPS) is 19.2. The molecule has 3 aromatic rings. The first-order chi connectivity index (χ1) is 12.2. The summed E-state index contributed by atoms with van der Waals surface area (Å²) in [4.78, 5) is 12.7. The number of hydrogen-bond acceptors (Lipinski definition) is 2. The second kappa shape index (κ2) is 6.87. The Kier molecular flexibility index (Phi) is 4.44. The van der Waals surface area contributed by atoms with Gasteiger partial charge in [-0.1, -0.05) is 0 Å². The van der Waals surface area contributed by atoms with E-state index in [9.17, 15) is 4.79 Å². The average molecular weight is 393 g/mol. The molecule has 0 aromatic heterocycles. The van der Waals surface area contributed by atoms with E-state index in [1.807, 2.05) is 48.5 Å². The summed E-state index contributed by atoms with van der Waals surface area (Å²) in [5.41, 5.74) is 4.06. The molecule has 0 spiro atoms. The van der Waals surface area contributed by atoms with Crippen molar-refractivity contribution >= 4 is 25.4 Å². The van der Waals surface area contributed by atoms with E-state index in [0.717, 1.165) is 11.1 Å². The molecule has 0 fully saturated rings. The van der Waals surface area contributed by atoms with Gasteiger partial charge in [0.05, 0.1) is 0 Å². The summed E-state index contributed by atoms with van der Waals surface area (Å²) in [5.74, 6) is -0.219. The predicted molar refractivity (Wildman–Crippen MR) is 100 cm³/mol. The first-order valence-electron chi connectivity index (χ1n) is 8.30. The monoisotopic (exact) mass is 394 g/mol. The molecule has 4 rings (SSSR count). The molecule has 2 unspecified atom stereocenters. The van der Waals surface area contributed by atoms with Gasteiger partial charge in [0.25, 0.3) is 0 Å². The van der Waals surface area contributed by atoms with E-state index in [-0.39, 0.29) is 31.8 Å². The summed E-state index contributed by atoms with van der Waals surface area (Å²) in [5, 5.41) is 0. The molecule has 2 atom stereocenters. The number of cyclic esters (lactones) is 1. The second-order valence-corrected chi connectivity index (χ2v) is 8.73. The van der Waals surface area contributed by atoms with Crippen molar-refractivity contribution in [3.63, 3.8) is 0 Å². The molecule has 1 aliphatic rings. The molecule has 3 heteroatoms. The summed E-state index contributed by atoms with van der Waals surface area (Å²) in [6.45, 7) is 2.07. The van der Waals surface area contributed by atoms with Crippen molar-refractivity contribution in [3.8, 4) is 0 Å². The van der Waals surface area contributed by atoms with Crippen LogP contribution in [0.2, 0.25) is 0 Å². The number of carbonyl (C=O) groups is 1. The molecule has 0 amide bonds. The fourth-order valence-corrected chi connectivity index (χ4v) is 5.82. The molecular formula is C22H18O2Se. The van der Waals surface area contributed by atoms with E-state index in [1.54, 1.807) is 0 Å². The van der Waals surface area contributed by atoms with Gasteiger partial charge in [-0.3, -0.25) is 0 Å². The summed E-state index contributed by atoms with van der Waals surface area (Å²) < 4.78 is 7.21. The molecule has 25 heavy (non-hydrogen) atoms. The average Bonchev–Trinajstić information content (AvgIpc) is 2.65. The van der Waals surface area contributed by atoms with Gasteiger partial charge in [0.15, 0.2) is 0 Å². The quantitative estimate of drug-likeness (QED) is 0.497. The van der Waals surface area contributed by atoms with Crippen molar-refractivity contribution in [1.29, 1.82) is 0 Å². The third-order valence-corrected chi connectivity index (χ3v) is 7.10. The summed E-state index contributed by atoms with van der Waals surface area (Å²) in [6, 6.07) is 26.6. The van der Waals surface area contributed by atoms with Crippen molar-refractivity contribution in [1.82, 2.24) is 0 Å². The molecule has 0 N–H and O–H groups in total. The Bertz CT molecular complexity index is 890. The zero-order valence-electron chi connectivity index (χ0n) is 13.9. The molecule has 0 aliphatic carbocycles. The molecule has 0 saturated heterocycles. The van der Waals surface area contributed by atoms with Gasteiger partial charge in [0.2, 0.25) is 0 Å². The van der Waals surface area contributed by atoms with Crippen molar-refractivity contribution in [2.45, 2.75) is 17.8 Å². The van der Waals surface area contributed by atoms with Crippen LogP contribution in [0.3, 0.4) is 0 Å². The molecular weight excluding hydrogens is 375 g/mol. The Labute approximate surface area is 154 Å². The Hall–Kier alpha value is -2.35. The number of hydrogen-bond donors (Lipinski definition) is 0. The molecule has 3 aromatic carbocycles. The minimum absolute atomic E-state index is 0.158. The van der Waals surface area contributed by atoms with Crippen LogP contribution < -0.4 is 4.46 Å². The topological polar surface area (TPSA) is 26.3 Å². The van der Waals surface area contributed by atoms with Gasteiger partial charge in [0.1, 0.15) is 0 Å². The number of aryl methyl sites for hydroxylation is 1. The van der Waals surface area contributed by atoms with Gasteiger partial charge in [-0.05, 0) is 0 Å². The summed E-state index contributed by atoms with van der Waals surface area (Å²) >= 11 is 0.158. The fraction of sp³-hybridized carbons (Fsp3) is 0.136. The summed E-state index contributed by atoms with van der Waals surface area (Å²) in [7, 11) is 0. The third-order valence-electron chi connectivity index (χ3n) is 4.38. The summed E-state index contributed by atoms with van der Waals surface area (Å²) in [6.07, 6.45) is -0.233. The van der Waals surface area contributed by atoms with Crippen LogP contribution >= 0.6 is 0 Å². The predicted octanol–water partition coefficient (Wildman–Crippen LogP) is 3.98. The molecule has 0 saturated carbocycles. The van der Waals surface area contributed by atoms with E-state index < -0.39 is 0 Å². The van der Waals surface area contributed by atoms with Crippen molar-refractivity contribution in [3.05, 3.63) is 101 Å². The second-order valence-electron chi connectivity index (χ2n) is 6.18. The molecule has 0 radical (unpaired) electrons. The Morgan fingerprint density at radius 2 is 1.56 bits per heavy atom. The zero-order valence-corrected chi connectivity index (χ0v) is 15.6. The number of rotatable bonds is 3. The fourth-order valence-electron chi connectivity index (χ4n) is 3.16. The number of esters is 1. The number of carbonyl (C=O) groups excluding carboxylic acids is 1. The molecule has 1 heterocycles. The van der Waals surface area contributed by atoms with Crippen LogP contribution in [0.5, 0.6) is 0 Å². The molecule has 1 aliphatic heterocycles. The molecule has 2 nitrogen and oxygen atoms in total. The van der Waals surface area contributed by atoms with E-state index in [4.69, 9.17) is 4.74 Å². The zero-order chi connectivity index (χ0) is 17.2. The molecule has 0 bridgehead atoms. The van der Waals surface area contributed by atoms with Crippen LogP contribution in [-0.2, 0) is 4.74 Å². The van der Waals surface area contributed by atoms with E-state index in [2.05, 4.69) is 37.3 Å². The maximum absolute atomic E-state index is 12.6. The standard InChI is InChI=1S/C22H18O2Se/c1-15-12-13-18-19(14-15)21(25-17-10-6-3-7-11-17)20(24-22(18)23)16-8-4-2-5-9-16/h2-14,20-21H,1H3. The Morgan fingerprint density at radius 3 is 2.28 bits per heavy atom.